The number of nitrogens with zero attached hydrogens (tertiary/aromatic N) is 4. The Morgan fingerprint density at radius 1 is 1.21 bits per heavy atom. The highest BCUT2D eigenvalue weighted by molar-refractivity contribution is 7.19. The molecular formula is C20H23ClN6OS. The predicted molar refractivity (Wildman–Crippen MR) is 120 cm³/mol. The first-order valence-corrected chi connectivity index (χ1v) is 10.8. The van der Waals surface area contributed by atoms with Gasteiger partial charge in [0, 0.05) is 31.5 Å². The minimum absolute atomic E-state index is 0.524. The summed E-state index contributed by atoms with van der Waals surface area (Å²) in [5.74, 6) is 0.524. The fraction of sp³-hybridized carbons (Fsp3) is 0.350. The lowest BCUT2D eigenvalue weighted by atomic mass is 10.2. The van der Waals surface area contributed by atoms with Crippen LogP contribution in [0.5, 0.6) is 0 Å². The van der Waals surface area contributed by atoms with Crippen LogP contribution in [0.4, 0.5) is 22.5 Å². The highest BCUT2D eigenvalue weighted by Crippen LogP contribution is 2.33. The van der Waals surface area contributed by atoms with Crippen molar-refractivity contribution in [3.63, 3.8) is 0 Å². The molecule has 2 aromatic heterocycles. The lowest BCUT2D eigenvalue weighted by Gasteiger charge is -2.29. The van der Waals surface area contributed by atoms with Crippen molar-refractivity contribution in [2.45, 2.75) is 13.8 Å². The van der Waals surface area contributed by atoms with Crippen LogP contribution in [-0.4, -0.2) is 47.8 Å². The fourth-order valence-corrected chi connectivity index (χ4v) is 4.48. The van der Waals surface area contributed by atoms with Gasteiger partial charge in [0.05, 0.1) is 40.2 Å². The average molecular weight is 431 g/mol. The summed E-state index contributed by atoms with van der Waals surface area (Å²) in [6.07, 6.45) is 1.75. The third-order valence-corrected chi connectivity index (χ3v) is 6.01. The molecule has 0 radical (unpaired) electrons. The van der Waals surface area contributed by atoms with Crippen molar-refractivity contribution in [3.05, 3.63) is 41.2 Å². The zero-order valence-electron chi connectivity index (χ0n) is 16.4. The van der Waals surface area contributed by atoms with Crippen molar-refractivity contribution in [2.75, 3.05) is 48.4 Å². The SMILES string of the molecule is CCNc1nc(C)c(-c2ccnc(Nc3ccc(N4CCOCC4)c(Cl)c3)n2)s1. The smallest absolute Gasteiger partial charge is 0.227 e. The number of hydrogen-bond donors (Lipinski definition) is 2. The number of nitrogens with one attached hydrogen (secondary N) is 2. The van der Waals surface area contributed by atoms with Gasteiger partial charge in [0.2, 0.25) is 5.95 Å². The number of hydrogen-bond acceptors (Lipinski definition) is 8. The predicted octanol–water partition coefficient (Wildman–Crippen LogP) is 4.57. The van der Waals surface area contributed by atoms with E-state index >= 15 is 0 Å². The molecule has 2 N–H and O–H groups in total. The molecule has 7 nitrogen and oxygen atoms in total. The lowest BCUT2D eigenvalue weighted by Crippen LogP contribution is -2.36. The zero-order valence-corrected chi connectivity index (χ0v) is 18.0. The molecule has 1 aliphatic rings. The maximum atomic E-state index is 6.53. The van der Waals surface area contributed by atoms with E-state index in [9.17, 15) is 0 Å². The molecule has 1 aromatic carbocycles. The van der Waals surface area contributed by atoms with Crippen LogP contribution in [0.1, 0.15) is 12.6 Å². The topological polar surface area (TPSA) is 75.2 Å². The standard InChI is InChI=1S/C20H23ClN6OS/c1-3-22-20-24-13(2)18(29-20)16-6-7-23-19(26-16)25-14-4-5-17(15(21)12-14)27-8-10-28-11-9-27/h4-7,12H,3,8-11H2,1-2H3,(H,22,24)(H,23,25,26). The Morgan fingerprint density at radius 3 is 2.79 bits per heavy atom. The van der Waals surface area contributed by atoms with Gasteiger partial charge in [-0.2, -0.15) is 0 Å². The first kappa shape index (κ1) is 19.9. The third-order valence-electron chi connectivity index (χ3n) is 4.57. The molecular weight excluding hydrogens is 408 g/mol. The van der Waals surface area contributed by atoms with E-state index < -0.39 is 0 Å². The second-order valence-corrected chi connectivity index (χ2v) is 8.03. The molecule has 29 heavy (non-hydrogen) atoms. The quantitative estimate of drug-likeness (QED) is 0.593. The lowest BCUT2D eigenvalue weighted by molar-refractivity contribution is 0.122. The Labute approximate surface area is 179 Å². The fourth-order valence-electron chi connectivity index (χ4n) is 3.18. The van der Waals surface area contributed by atoms with Gasteiger partial charge in [0.1, 0.15) is 0 Å². The minimum Gasteiger partial charge on any atom is -0.378 e. The van der Waals surface area contributed by atoms with Crippen LogP contribution in [0.3, 0.4) is 0 Å². The number of halogens is 1. The molecule has 3 heterocycles. The van der Waals surface area contributed by atoms with Crippen LogP contribution in [0.25, 0.3) is 10.6 Å². The van der Waals surface area contributed by atoms with Crippen LogP contribution in [0.15, 0.2) is 30.5 Å². The van der Waals surface area contributed by atoms with E-state index in [1.165, 1.54) is 0 Å². The van der Waals surface area contributed by atoms with Gasteiger partial charge in [0.25, 0.3) is 0 Å². The highest BCUT2D eigenvalue weighted by atomic mass is 35.5. The van der Waals surface area contributed by atoms with Gasteiger partial charge in [-0.15, -0.1) is 0 Å². The summed E-state index contributed by atoms with van der Waals surface area (Å²) in [7, 11) is 0. The first-order chi connectivity index (χ1) is 14.1. The second kappa shape index (κ2) is 8.94. The summed E-state index contributed by atoms with van der Waals surface area (Å²) in [6.45, 7) is 8.03. The van der Waals surface area contributed by atoms with Crippen LogP contribution in [-0.2, 0) is 4.74 Å². The molecule has 0 aliphatic carbocycles. The van der Waals surface area contributed by atoms with Gasteiger partial charge in [-0.1, -0.05) is 22.9 Å². The van der Waals surface area contributed by atoms with Crippen LogP contribution in [0.2, 0.25) is 5.02 Å². The molecule has 9 heteroatoms. The van der Waals surface area contributed by atoms with Gasteiger partial charge >= 0.3 is 0 Å². The number of benzene rings is 1. The van der Waals surface area contributed by atoms with E-state index in [2.05, 4.69) is 37.4 Å². The van der Waals surface area contributed by atoms with Crippen molar-refractivity contribution in [1.82, 2.24) is 15.0 Å². The molecule has 0 amide bonds. The monoisotopic (exact) mass is 430 g/mol. The number of ether oxygens (including phenoxy) is 1. The van der Waals surface area contributed by atoms with Crippen LogP contribution < -0.4 is 15.5 Å². The zero-order chi connectivity index (χ0) is 20.2. The maximum Gasteiger partial charge on any atom is 0.227 e. The van der Waals surface area contributed by atoms with Gasteiger partial charge in [-0.25, -0.2) is 15.0 Å². The summed E-state index contributed by atoms with van der Waals surface area (Å²) < 4.78 is 5.41. The molecule has 4 rings (SSSR count). The Bertz CT molecular complexity index is 989. The first-order valence-electron chi connectivity index (χ1n) is 9.58. The Kier molecular flexibility index (Phi) is 6.13. The molecule has 152 valence electrons. The van der Waals surface area contributed by atoms with Crippen molar-refractivity contribution >= 4 is 45.4 Å². The van der Waals surface area contributed by atoms with Crippen LogP contribution >= 0.6 is 22.9 Å². The molecule has 1 fully saturated rings. The van der Waals surface area contributed by atoms with Gasteiger partial charge < -0.3 is 20.3 Å². The van der Waals surface area contributed by atoms with Gasteiger partial charge in [-0.05, 0) is 38.1 Å². The van der Waals surface area contributed by atoms with Gasteiger partial charge in [0.15, 0.2) is 5.13 Å². The number of aromatic nitrogens is 3. The summed E-state index contributed by atoms with van der Waals surface area (Å²) >= 11 is 8.13. The molecule has 1 aliphatic heterocycles. The molecule has 1 saturated heterocycles. The second-order valence-electron chi connectivity index (χ2n) is 6.62. The molecule has 0 unspecified atom stereocenters. The van der Waals surface area contributed by atoms with E-state index in [0.717, 1.165) is 65.6 Å². The Hall–Kier alpha value is -2.42. The summed E-state index contributed by atoms with van der Waals surface area (Å²) in [5.41, 5.74) is 3.66. The van der Waals surface area contributed by atoms with Crippen molar-refractivity contribution in [1.29, 1.82) is 0 Å². The molecule has 0 spiro atoms. The van der Waals surface area contributed by atoms with Crippen LogP contribution in [0, 0.1) is 6.92 Å². The minimum atomic E-state index is 0.524. The van der Waals surface area contributed by atoms with Crippen molar-refractivity contribution < 1.29 is 4.74 Å². The summed E-state index contributed by atoms with van der Waals surface area (Å²) in [6, 6.07) is 7.82. The molecule has 0 saturated carbocycles. The Morgan fingerprint density at radius 2 is 2.03 bits per heavy atom. The Balaban J connectivity index is 1.53. The number of rotatable bonds is 6. The van der Waals surface area contributed by atoms with E-state index in [0.29, 0.717) is 11.0 Å². The van der Waals surface area contributed by atoms with E-state index in [1.807, 2.05) is 31.2 Å². The average Bonchev–Trinajstić information content (AvgIpc) is 3.09. The molecule has 0 bridgehead atoms. The maximum absolute atomic E-state index is 6.53. The van der Waals surface area contributed by atoms with E-state index in [4.69, 9.17) is 16.3 Å². The van der Waals surface area contributed by atoms with Gasteiger partial charge in [-0.3, -0.25) is 0 Å². The van der Waals surface area contributed by atoms with Crippen molar-refractivity contribution in [2.24, 2.45) is 0 Å². The highest BCUT2D eigenvalue weighted by Gasteiger charge is 2.15. The number of morpholine rings is 1. The molecule has 3 aromatic rings. The summed E-state index contributed by atoms with van der Waals surface area (Å²) in [4.78, 5) is 16.8. The number of aryl methyl sites for hydroxylation is 1. The number of anilines is 4. The van der Waals surface area contributed by atoms with E-state index in [-0.39, 0.29) is 0 Å². The number of thiazole rings is 1. The van der Waals surface area contributed by atoms with E-state index in [1.54, 1.807) is 17.5 Å². The largest absolute Gasteiger partial charge is 0.378 e. The third kappa shape index (κ3) is 4.60. The normalized spacial score (nSPS) is 14.1. The summed E-state index contributed by atoms with van der Waals surface area (Å²) in [5, 5.41) is 8.11. The van der Waals surface area contributed by atoms with Crippen molar-refractivity contribution in [3.8, 4) is 10.6 Å². The molecule has 0 atom stereocenters.